The highest BCUT2D eigenvalue weighted by atomic mass is 16.3. The monoisotopic (exact) mass is 628 g/mol. The van der Waals surface area contributed by atoms with Crippen LogP contribution in [0, 0.1) is 0 Å². The molecular weight excluding hydrogens is 601 g/mol. The van der Waals surface area contributed by atoms with Gasteiger partial charge in [-0.15, -0.1) is 0 Å². The van der Waals surface area contributed by atoms with Crippen molar-refractivity contribution >= 4 is 65.9 Å². The number of nitrogens with zero attached hydrogens (tertiary/aromatic N) is 3. The Morgan fingerprint density at radius 2 is 1.18 bits per heavy atom. The fraction of sp³-hybridized carbons (Fsp3) is 0.0227. The second-order valence-electron chi connectivity index (χ2n) is 12.5. The topological polar surface area (TPSA) is 62.8 Å². The van der Waals surface area contributed by atoms with Gasteiger partial charge in [0.2, 0.25) is 0 Å². The Hall–Kier alpha value is -6.59. The predicted octanol–water partition coefficient (Wildman–Crippen LogP) is 10.6. The van der Waals surface area contributed by atoms with Gasteiger partial charge in [-0.1, -0.05) is 127 Å². The second kappa shape index (κ2) is 11.0. The van der Waals surface area contributed by atoms with E-state index in [1.165, 1.54) is 32.3 Å². The smallest absolute Gasteiger partial charge is 0.178 e. The first kappa shape index (κ1) is 27.5. The summed E-state index contributed by atoms with van der Waals surface area (Å²) in [5.41, 5.74) is 6.52. The first-order valence-corrected chi connectivity index (χ1v) is 16.5. The average molecular weight is 629 g/mol. The summed E-state index contributed by atoms with van der Waals surface area (Å²) in [6.45, 7) is 0. The summed E-state index contributed by atoms with van der Waals surface area (Å²) >= 11 is 0. The van der Waals surface area contributed by atoms with Crippen LogP contribution in [-0.2, 0) is 0 Å². The molecule has 0 amide bonds. The lowest BCUT2D eigenvalue weighted by molar-refractivity contribution is 0.667. The van der Waals surface area contributed by atoms with Crippen molar-refractivity contribution in [3.05, 3.63) is 175 Å². The van der Waals surface area contributed by atoms with Crippen molar-refractivity contribution in [1.82, 2.24) is 10.3 Å². The summed E-state index contributed by atoms with van der Waals surface area (Å²) in [6.07, 6.45) is 1.46. The molecule has 0 radical (unpaired) electrons. The molecule has 1 unspecified atom stereocenters. The number of benzene rings is 7. The third kappa shape index (κ3) is 4.59. The van der Waals surface area contributed by atoms with Crippen LogP contribution in [0.4, 0.5) is 0 Å². The zero-order chi connectivity index (χ0) is 32.3. The Kier molecular flexibility index (Phi) is 6.18. The molecule has 49 heavy (non-hydrogen) atoms. The number of rotatable bonds is 4. The number of fused-ring (bicyclic) bond motifs is 8. The molecule has 5 heteroatoms. The minimum Gasteiger partial charge on any atom is -0.456 e. The maximum absolute atomic E-state index is 6.52. The predicted molar refractivity (Wildman–Crippen MR) is 201 cm³/mol. The summed E-state index contributed by atoms with van der Waals surface area (Å²) in [4.78, 5) is 15.0. The van der Waals surface area contributed by atoms with E-state index in [1.54, 1.807) is 6.20 Å². The van der Waals surface area contributed by atoms with Crippen molar-refractivity contribution in [3.63, 3.8) is 0 Å². The first-order valence-electron chi connectivity index (χ1n) is 16.5. The average Bonchev–Trinajstić information content (AvgIpc) is 3.56. The third-order valence-electron chi connectivity index (χ3n) is 9.58. The molecule has 0 saturated carbocycles. The molecule has 0 spiro atoms. The van der Waals surface area contributed by atoms with Crippen molar-refractivity contribution < 1.29 is 4.42 Å². The van der Waals surface area contributed by atoms with Gasteiger partial charge in [0.25, 0.3) is 0 Å². The van der Waals surface area contributed by atoms with Crippen LogP contribution in [0.3, 0.4) is 0 Å². The minimum atomic E-state index is -0.312. The second-order valence-corrected chi connectivity index (χ2v) is 12.5. The summed E-state index contributed by atoms with van der Waals surface area (Å²) in [6, 6.07) is 53.0. The van der Waals surface area contributed by atoms with Crippen LogP contribution in [0.2, 0.25) is 0 Å². The molecular formula is C44H28N4O. The van der Waals surface area contributed by atoms with Crippen molar-refractivity contribution in [2.75, 3.05) is 0 Å². The van der Waals surface area contributed by atoms with Gasteiger partial charge in [0.15, 0.2) is 5.84 Å². The van der Waals surface area contributed by atoms with Gasteiger partial charge in [-0.2, -0.15) is 0 Å². The molecule has 5 nitrogen and oxygen atoms in total. The Morgan fingerprint density at radius 1 is 0.510 bits per heavy atom. The quantitative estimate of drug-likeness (QED) is 0.197. The van der Waals surface area contributed by atoms with Crippen LogP contribution < -0.4 is 5.32 Å². The number of aliphatic imine (C=N–C) groups is 2. The van der Waals surface area contributed by atoms with Crippen LogP contribution in [0.15, 0.2) is 172 Å². The molecule has 0 fully saturated rings. The van der Waals surface area contributed by atoms with Crippen molar-refractivity contribution in [2.24, 2.45) is 9.98 Å². The van der Waals surface area contributed by atoms with Crippen LogP contribution in [0.5, 0.6) is 0 Å². The first-order chi connectivity index (χ1) is 24.3. The molecule has 1 aliphatic rings. The standard InChI is InChI=1S/C44H28N4O/c1-3-10-29(11-4-1)42-46-43(30-12-5-2-6-13-30)48-44(47-42)41-40-36-22-19-32(26-39(36)49-38(40)23-24-45-41)31-16-15-28-18-20-34-33-14-8-7-9-27(33)17-21-35(34)37(28)25-31/h1-26,42H,(H,46,47,48). The third-order valence-corrected chi connectivity index (χ3v) is 9.58. The van der Waals surface area contributed by atoms with Gasteiger partial charge in [0.1, 0.15) is 28.9 Å². The van der Waals surface area contributed by atoms with Gasteiger partial charge in [-0.3, -0.25) is 4.98 Å². The number of nitrogens with one attached hydrogen (secondary N) is 1. The van der Waals surface area contributed by atoms with Crippen LogP contribution in [-0.4, -0.2) is 16.7 Å². The summed E-state index contributed by atoms with van der Waals surface area (Å²) in [5.74, 6) is 1.32. The van der Waals surface area contributed by atoms with Crippen molar-refractivity contribution in [1.29, 1.82) is 0 Å². The number of hydrogen-bond acceptors (Lipinski definition) is 5. The lowest BCUT2D eigenvalue weighted by Gasteiger charge is -2.23. The molecule has 0 bridgehead atoms. The number of hydrogen-bond donors (Lipinski definition) is 1. The molecule has 0 saturated heterocycles. The summed E-state index contributed by atoms with van der Waals surface area (Å²) in [5, 5.41) is 12.9. The van der Waals surface area contributed by atoms with E-state index in [4.69, 9.17) is 19.4 Å². The van der Waals surface area contributed by atoms with E-state index in [0.29, 0.717) is 11.5 Å². The van der Waals surface area contributed by atoms with Gasteiger partial charge in [-0.25, -0.2) is 9.98 Å². The van der Waals surface area contributed by atoms with Gasteiger partial charge >= 0.3 is 0 Å². The normalized spacial score (nSPS) is 14.7. The SMILES string of the molecule is c1ccc(C2=NC(c3nccc4oc5cc(-c6ccc7ccc8c9ccccc9ccc8c7c6)ccc5c34)=NC(c3ccccc3)N2)cc1. The molecule has 7 aromatic carbocycles. The largest absolute Gasteiger partial charge is 0.456 e. The maximum Gasteiger partial charge on any atom is 0.178 e. The zero-order valence-corrected chi connectivity index (χ0v) is 26.3. The molecule has 230 valence electrons. The van der Waals surface area contributed by atoms with E-state index >= 15 is 0 Å². The van der Waals surface area contributed by atoms with E-state index in [9.17, 15) is 0 Å². The molecule has 9 aromatic rings. The van der Waals surface area contributed by atoms with Gasteiger partial charge in [0.05, 0.1) is 5.39 Å². The Labute approximate surface area is 281 Å². The minimum absolute atomic E-state index is 0.312. The Morgan fingerprint density at radius 3 is 2.04 bits per heavy atom. The molecule has 0 aliphatic carbocycles. The van der Waals surface area contributed by atoms with E-state index < -0.39 is 0 Å². The highest BCUT2D eigenvalue weighted by Gasteiger charge is 2.24. The van der Waals surface area contributed by atoms with Gasteiger partial charge < -0.3 is 9.73 Å². The maximum atomic E-state index is 6.52. The zero-order valence-electron chi connectivity index (χ0n) is 26.3. The van der Waals surface area contributed by atoms with E-state index in [2.05, 4.69) is 115 Å². The van der Waals surface area contributed by atoms with Gasteiger partial charge in [0, 0.05) is 17.1 Å². The van der Waals surface area contributed by atoms with Crippen molar-refractivity contribution in [3.8, 4) is 11.1 Å². The highest BCUT2D eigenvalue weighted by molar-refractivity contribution is 6.21. The summed E-state index contributed by atoms with van der Waals surface area (Å²) < 4.78 is 6.52. The fourth-order valence-electron chi connectivity index (χ4n) is 7.17. The molecule has 10 rings (SSSR count). The van der Waals surface area contributed by atoms with E-state index in [1.807, 2.05) is 42.5 Å². The lowest BCUT2D eigenvalue weighted by Crippen LogP contribution is -2.33. The van der Waals surface area contributed by atoms with Gasteiger partial charge in [-0.05, 0) is 73.3 Å². The molecule has 1 atom stereocenters. The summed E-state index contributed by atoms with van der Waals surface area (Å²) in [7, 11) is 0. The van der Waals surface area contributed by atoms with E-state index in [-0.39, 0.29) is 6.17 Å². The van der Waals surface area contributed by atoms with E-state index in [0.717, 1.165) is 50.0 Å². The molecule has 2 aromatic heterocycles. The number of furan rings is 1. The van der Waals surface area contributed by atoms with Crippen LogP contribution in [0.25, 0.3) is 65.4 Å². The number of amidine groups is 2. The van der Waals surface area contributed by atoms with Crippen molar-refractivity contribution in [2.45, 2.75) is 6.17 Å². The lowest BCUT2D eigenvalue weighted by atomic mass is 9.94. The fourth-order valence-corrected chi connectivity index (χ4v) is 7.17. The Balaban J connectivity index is 1.11. The number of aromatic nitrogens is 1. The molecule has 1 N–H and O–H groups in total. The number of pyridine rings is 1. The Bertz CT molecular complexity index is 2800. The molecule has 3 heterocycles. The van der Waals surface area contributed by atoms with Crippen LogP contribution >= 0.6 is 0 Å². The van der Waals surface area contributed by atoms with Crippen LogP contribution in [0.1, 0.15) is 23.0 Å². The highest BCUT2D eigenvalue weighted by Crippen LogP contribution is 2.37. The molecule has 1 aliphatic heterocycles.